The van der Waals surface area contributed by atoms with Crippen molar-refractivity contribution in [1.82, 2.24) is 4.90 Å². The number of hydrogen-bond acceptors (Lipinski definition) is 4. The number of carbonyl (C=O) groups is 2. The van der Waals surface area contributed by atoms with Gasteiger partial charge in [-0.3, -0.25) is 9.59 Å². The van der Waals surface area contributed by atoms with Crippen molar-refractivity contribution in [1.29, 1.82) is 0 Å². The number of ether oxygens (including phenoxy) is 1. The zero-order valence-electron chi connectivity index (χ0n) is 18.3. The smallest absolute Gasteiger partial charge is 0.295 e. The van der Waals surface area contributed by atoms with E-state index in [1.165, 1.54) is 0 Å². The number of benzene rings is 2. The van der Waals surface area contributed by atoms with E-state index in [9.17, 15) is 14.7 Å². The second kappa shape index (κ2) is 8.58. The molecule has 31 heavy (non-hydrogen) atoms. The van der Waals surface area contributed by atoms with Crippen molar-refractivity contribution in [3.63, 3.8) is 0 Å². The predicted molar refractivity (Wildman–Crippen MR) is 120 cm³/mol. The average molecular weight is 420 g/mol. The summed E-state index contributed by atoms with van der Waals surface area (Å²) in [6.07, 6.45) is 3.82. The molecular weight excluding hydrogens is 390 g/mol. The van der Waals surface area contributed by atoms with Crippen LogP contribution in [0.25, 0.3) is 5.76 Å². The summed E-state index contributed by atoms with van der Waals surface area (Å²) in [5.41, 5.74) is 2.52. The first kappa shape index (κ1) is 21.2. The Hall–Kier alpha value is -3.08. The van der Waals surface area contributed by atoms with Gasteiger partial charge in [0, 0.05) is 11.6 Å². The lowest BCUT2D eigenvalue weighted by Gasteiger charge is -2.31. The van der Waals surface area contributed by atoms with Crippen LogP contribution in [0.3, 0.4) is 0 Å². The molecule has 1 unspecified atom stereocenters. The molecule has 0 radical (unpaired) electrons. The largest absolute Gasteiger partial charge is 0.507 e. The number of Topliss-reactive ketones (excluding diaryl/α,β-unsaturated/α-hetero) is 1. The number of likely N-dealkylation sites (tertiary alicyclic amines) is 1. The number of nitrogens with zero attached hydrogens (tertiary/aromatic N) is 1. The number of hydrogen-bond donors (Lipinski definition) is 1. The van der Waals surface area contributed by atoms with E-state index in [0.29, 0.717) is 11.3 Å². The van der Waals surface area contributed by atoms with Crippen LogP contribution in [0.2, 0.25) is 0 Å². The summed E-state index contributed by atoms with van der Waals surface area (Å²) >= 11 is 0. The standard InChI is InChI=1S/C26H29NO4/c1-16(2)31-21-10-6-7-19(15-21)23-22(24(28)18-13-11-17(3)12-14-18)25(29)26(30)27(23)20-8-4-5-9-20/h6-7,10-16,20,23,28H,4-5,8-9H2,1-3H3/b24-22-. The summed E-state index contributed by atoms with van der Waals surface area (Å²) in [4.78, 5) is 28.0. The third-order valence-electron chi connectivity index (χ3n) is 6.07. The number of aryl methyl sites for hydroxylation is 1. The van der Waals surface area contributed by atoms with Gasteiger partial charge in [0.1, 0.15) is 11.5 Å². The molecule has 5 nitrogen and oxygen atoms in total. The molecule has 2 aromatic rings. The molecule has 0 bridgehead atoms. The van der Waals surface area contributed by atoms with Crippen molar-refractivity contribution in [2.75, 3.05) is 0 Å². The summed E-state index contributed by atoms with van der Waals surface area (Å²) in [6.45, 7) is 5.87. The fraction of sp³-hybridized carbons (Fsp3) is 0.385. The summed E-state index contributed by atoms with van der Waals surface area (Å²) in [5.74, 6) is -0.593. The van der Waals surface area contributed by atoms with E-state index >= 15 is 0 Å². The van der Waals surface area contributed by atoms with Crippen LogP contribution in [-0.2, 0) is 9.59 Å². The number of aliphatic hydroxyl groups excluding tert-OH is 1. The molecule has 1 heterocycles. The van der Waals surface area contributed by atoms with Gasteiger partial charge in [0.15, 0.2) is 0 Å². The molecule has 1 amide bonds. The van der Waals surface area contributed by atoms with E-state index in [4.69, 9.17) is 4.74 Å². The number of carbonyl (C=O) groups excluding carboxylic acids is 2. The molecule has 1 saturated heterocycles. The van der Waals surface area contributed by atoms with E-state index < -0.39 is 17.7 Å². The number of aliphatic hydroxyl groups is 1. The molecule has 1 atom stereocenters. The fourth-order valence-corrected chi connectivity index (χ4v) is 4.63. The van der Waals surface area contributed by atoms with Crippen LogP contribution in [0.5, 0.6) is 5.75 Å². The third kappa shape index (κ3) is 4.09. The first-order valence-corrected chi connectivity index (χ1v) is 11.0. The van der Waals surface area contributed by atoms with Gasteiger partial charge >= 0.3 is 0 Å². The number of ketones is 1. The molecular formula is C26H29NO4. The highest BCUT2D eigenvalue weighted by Crippen LogP contribution is 2.44. The van der Waals surface area contributed by atoms with Gasteiger partial charge in [0.25, 0.3) is 11.7 Å². The van der Waals surface area contributed by atoms with E-state index in [1.807, 2.05) is 57.2 Å². The lowest BCUT2D eigenvalue weighted by atomic mass is 9.94. The molecule has 162 valence electrons. The van der Waals surface area contributed by atoms with Crippen LogP contribution in [0, 0.1) is 6.92 Å². The zero-order chi connectivity index (χ0) is 22.1. The highest BCUT2D eigenvalue weighted by molar-refractivity contribution is 6.46. The second-order valence-electron chi connectivity index (χ2n) is 8.75. The van der Waals surface area contributed by atoms with Crippen molar-refractivity contribution in [2.45, 2.75) is 64.6 Å². The number of rotatable bonds is 5. The summed E-state index contributed by atoms with van der Waals surface area (Å²) in [6, 6.07) is 14.2. The molecule has 0 spiro atoms. The van der Waals surface area contributed by atoms with Crippen LogP contribution in [0.1, 0.15) is 62.3 Å². The fourth-order valence-electron chi connectivity index (χ4n) is 4.63. The highest BCUT2D eigenvalue weighted by Gasteiger charge is 2.49. The van der Waals surface area contributed by atoms with Gasteiger partial charge in [-0.25, -0.2) is 0 Å². The molecule has 1 N–H and O–H groups in total. The second-order valence-corrected chi connectivity index (χ2v) is 8.75. The summed E-state index contributed by atoms with van der Waals surface area (Å²) < 4.78 is 5.86. The van der Waals surface area contributed by atoms with E-state index in [1.54, 1.807) is 17.0 Å². The Labute approximate surface area is 183 Å². The molecule has 1 saturated carbocycles. The quantitative estimate of drug-likeness (QED) is 0.414. The highest BCUT2D eigenvalue weighted by atomic mass is 16.5. The Bertz CT molecular complexity index is 1020. The molecule has 2 aliphatic rings. The Morgan fingerprint density at radius 1 is 1.06 bits per heavy atom. The maximum Gasteiger partial charge on any atom is 0.295 e. The maximum absolute atomic E-state index is 13.2. The minimum Gasteiger partial charge on any atom is -0.507 e. The third-order valence-corrected chi connectivity index (χ3v) is 6.07. The summed E-state index contributed by atoms with van der Waals surface area (Å²) in [7, 11) is 0. The van der Waals surface area contributed by atoms with Crippen molar-refractivity contribution in [3.05, 3.63) is 70.8 Å². The minimum absolute atomic E-state index is 0.000518. The Kier molecular flexibility index (Phi) is 5.86. The minimum atomic E-state index is -0.625. The lowest BCUT2D eigenvalue weighted by molar-refractivity contribution is -0.141. The van der Waals surface area contributed by atoms with Crippen LogP contribution in [0.15, 0.2) is 54.1 Å². The number of amides is 1. The zero-order valence-corrected chi connectivity index (χ0v) is 18.3. The van der Waals surface area contributed by atoms with Crippen molar-refractivity contribution in [3.8, 4) is 5.75 Å². The lowest BCUT2D eigenvalue weighted by Crippen LogP contribution is -2.37. The van der Waals surface area contributed by atoms with Crippen LogP contribution < -0.4 is 4.74 Å². The molecule has 1 aliphatic heterocycles. The topological polar surface area (TPSA) is 66.8 Å². The van der Waals surface area contributed by atoms with E-state index in [-0.39, 0.29) is 23.5 Å². The first-order valence-electron chi connectivity index (χ1n) is 11.0. The summed E-state index contributed by atoms with van der Waals surface area (Å²) in [5, 5.41) is 11.2. The molecule has 1 aliphatic carbocycles. The van der Waals surface area contributed by atoms with Gasteiger partial charge in [-0.2, -0.15) is 0 Å². The molecule has 2 aromatic carbocycles. The van der Waals surface area contributed by atoms with Gasteiger partial charge in [-0.15, -0.1) is 0 Å². The predicted octanol–water partition coefficient (Wildman–Crippen LogP) is 5.15. The average Bonchev–Trinajstić information content (AvgIpc) is 3.35. The van der Waals surface area contributed by atoms with Gasteiger partial charge in [0.2, 0.25) is 0 Å². The van der Waals surface area contributed by atoms with Crippen molar-refractivity contribution in [2.24, 2.45) is 0 Å². The molecule has 4 rings (SSSR count). The normalized spacial score (nSPS) is 21.3. The Balaban J connectivity index is 1.86. The van der Waals surface area contributed by atoms with Gasteiger partial charge in [-0.05, 0) is 51.3 Å². The van der Waals surface area contributed by atoms with Crippen LogP contribution in [0.4, 0.5) is 0 Å². The Morgan fingerprint density at radius 3 is 2.39 bits per heavy atom. The maximum atomic E-state index is 13.2. The molecule has 0 aromatic heterocycles. The van der Waals surface area contributed by atoms with Crippen LogP contribution >= 0.6 is 0 Å². The van der Waals surface area contributed by atoms with Crippen molar-refractivity contribution >= 4 is 17.4 Å². The van der Waals surface area contributed by atoms with E-state index in [2.05, 4.69) is 0 Å². The van der Waals surface area contributed by atoms with E-state index in [0.717, 1.165) is 36.8 Å². The molecule has 5 heteroatoms. The van der Waals surface area contributed by atoms with Gasteiger partial charge in [-0.1, -0.05) is 54.8 Å². The van der Waals surface area contributed by atoms with Crippen molar-refractivity contribution < 1.29 is 19.4 Å². The monoisotopic (exact) mass is 419 g/mol. The molecule has 2 fully saturated rings. The Morgan fingerprint density at radius 2 is 1.74 bits per heavy atom. The SMILES string of the molecule is Cc1ccc(/C(O)=C2/C(=O)C(=O)N(C3CCCC3)C2c2cccc(OC(C)C)c2)cc1. The van der Waals surface area contributed by atoms with Crippen LogP contribution in [-0.4, -0.2) is 33.8 Å². The van der Waals surface area contributed by atoms with Gasteiger partial charge in [0.05, 0.1) is 17.7 Å². The van der Waals surface area contributed by atoms with Gasteiger partial charge < -0.3 is 14.7 Å². The first-order chi connectivity index (χ1) is 14.9.